The summed E-state index contributed by atoms with van der Waals surface area (Å²) in [6, 6.07) is 10.9. The molecular formula is C20H16N4O5. The van der Waals surface area contributed by atoms with Gasteiger partial charge in [0.2, 0.25) is 5.95 Å². The van der Waals surface area contributed by atoms with E-state index >= 15 is 0 Å². The number of hydrogen-bond acceptors (Lipinski definition) is 6. The van der Waals surface area contributed by atoms with Gasteiger partial charge in [0, 0.05) is 0 Å². The minimum absolute atomic E-state index is 0.0115. The number of aromatic amines is 1. The van der Waals surface area contributed by atoms with Crippen molar-refractivity contribution >= 4 is 17.1 Å². The maximum atomic E-state index is 12.6. The number of hydrogen-bond donors (Lipinski definition) is 2. The quantitative estimate of drug-likeness (QED) is 0.509. The van der Waals surface area contributed by atoms with E-state index in [0.29, 0.717) is 22.4 Å². The largest absolute Gasteiger partial charge is 0.511 e. The molecule has 0 saturated heterocycles. The number of benzene rings is 2. The molecule has 0 bridgehead atoms. The Bertz CT molecular complexity index is 1270. The molecule has 146 valence electrons. The van der Waals surface area contributed by atoms with E-state index in [1.165, 1.54) is 17.1 Å². The van der Waals surface area contributed by atoms with Gasteiger partial charge >= 0.3 is 6.16 Å². The molecule has 0 aliphatic carbocycles. The van der Waals surface area contributed by atoms with Crippen LogP contribution in [0.4, 0.5) is 4.79 Å². The van der Waals surface area contributed by atoms with E-state index in [2.05, 4.69) is 19.8 Å². The summed E-state index contributed by atoms with van der Waals surface area (Å²) in [4.78, 5) is 30.1. The lowest BCUT2D eigenvalue weighted by atomic mass is 10.1. The van der Waals surface area contributed by atoms with Gasteiger partial charge in [0.15, 0.2) is 5.75 Å². The zero-order valence-corrected chi connectivity index (χ0v) is 15.5. The van der Waals surface area contributed by atoms with Gasteiger partial charge in [-0.15, -0.1) is 0 Å². The van der Waals surface area contributed by atoms with Crippen LogP contribution in [0.15, 0.2) is 53.6 Å². The fraction of sp³-hybridized carbons (Fsp3) is 0.100. The maximum Gasteiger partial charge on any atom is 0.511 e. The highest BCUT2D eigenvalue weighted by Gasteiger charge is 2.11. The first-order valence-corrected chi connectivity index (χ1v) is 8.63. The van der Waals surface area contributed by atoms with Crippen LogP contribution >= 0.6 is 0 Å². The molecule has 0 radical (unpaired) electrons. The van der Waals surface area contributed by atoms with E-state index in [-0.39, 0.29) is 17.3 Å². The van der Waals surface area contributed by atoms with Crippen LogP contribution in [0, 0.1) is 13.8 Å². The molecule has 0 spiro atoms. The van der Waals surface area contributed by atoms with Crippen LogP contribution in [-0.2, 0) is 0 Å². The third-order valence-corrected chi connectivity index (χ3v) is 4.08. The van der Waals surface area contributed by atoms with Crippen LogP contribution in [0.2, 0.25) is 0 Å². The number of H-pyrrole nitrogens is 1. The number of rotatable bonds is 4. The van der Waals surface area contributed by atoms with Gasteiger partial charge in [0.05, 0.1) is 23.3 Å². The molecule has 0 fully saturated rings. The molecule has 0 atom stereocenters. The SMILES string of the molecule is Cc1cc(C)cc(Oc2ccc3nc(-n4cc(OC(=O)O)cn4)[nH]c(=O)c3c2)c1. The Balaban J connectivity index is 1.67. The van der Waals surface area contributed by atoms with Crippen molar-refractivity contribution in [2.75, 3.05) is 0 Å². The smallest absolute Gasteiger partial charge is 0.457 e. The van der Waals surface area contributed by atoms with Crippen molar-refractivity contribution in [2.24, 2.45) is 0 Å². The summed E-state index contributed by atoms with van der Waals surface area (Å²) in [5.74, 6) is 1.34. The molecule has 0 aliphatic rings. The molecule has 0 unspecified atom stereocenters. The monoisotopic (exact) mass is 392 g/mol. The van der Waals surface area contributed by atoms with E-state index in [1.54, 1.807) is 18.2 Å². The lowest BCUT2D eigenvalue weighted by Gasteiger charge is -2.09. The number of aromatic nitrogens is 4. The third kappa shape index (κ3) is 3.93. The number of carbonyl (C=O) groups is 1. The zero-order valence-electron chi connectivity index (χ0n) is 15.5. The van der Waals surface area contributed by atoms with Crippen molar-refractivity contribution < 1.29 is 19.4 Å². The molecule has 2 aromatic heterocycles. The standard InChI is InChI=1S/C20H16N4O5/c1-11-5-12(2)7-14(6-11)28-13-3-4-17-16(8-13)18(25)23-19(22-17)24-10-15(9-21-24)29-20(26)27/h3-10H,1-2H3,(H,26,27)(H,22,23,25). The molecule has 4 aromatic rings. The number of carboxylic acid groups (broad SMARTS) is 1. The van der Waals surface area contributed by atoms with Crippen molar-refractivity contribution in [1.82, 2.24) is 19.7 Å². The van der Waals surface area contributed by atoms with E-state index in [4.69, 9.17) is 9.84 Å². The van der Waals surface area contributed by atoms with Crippen LogP contribution < -0.4 is 15.0 Å². The van der Waals surface area contributed by atoms with Gasteiger partial charge in [-0.3, -0.25) is 9.78 Å². The summed E-state index contributed by atoms with van der Waals surface area (Å²) in [5.41, 5.74) is 2.21. The predicted octanol–water partition coefficient (Wildman–Crippen LogP) is 3.57. The fourth-order valence-corrected chi connectivity index (χ4v) is 2.98. The Labute approximate surface area is 164 Å². The Morgan fingerprint density at radius 1 is 1.07 bits per heavy atom. The van der Waals surface area contributed by atoms with Crippen molar-refractivity contribution in [3.8, 4) is 23.2 Å². The van der Waals surface area contributed by atoms with Gasteiger partial charge in [-0.2, -0.15) is 5.10 Å². The molecule has 0 saturated carbocycles. The Morgan fingerprint density at radius 2 is 1.83 bits per heavy atom. The first-order valence-electron chi connectivity index (χ1n) is 8.63. The molecule has 2 N–H and O–H groups in total. The van der Waals surface area contributed by atoms with Crippen molar-refractivity contribution in [3.05, 3.63) is 70.3 Å². The molecule has 0 aliphatic heterocycles. The van der Waals surface area contributed by atoms with Crippen LogP contribution in [0.5, 0.6) is 17.2 Å². The first kappa shape index (κ1) is 18.2. The summed E-state index contributed by atoms with van der Waals surface area (Å²) in [5, 5.41) is 12.9. The first-order chi connectivity index (χ1) is 13.9. The Hall–Kier alpha value is -4.14. The van der Waals surface area contributed by atoms with E-state index < -0.39 is 6.16 Å². The zero-order chi connectivity index (χ0) is 20.5. The highest BCUT2D eigenvalue weighted by molar-refractivity contribution is 5.79. The van der Waals surface area contributed by atoms with Crippen molar-refractivity contribution in [1.29, 1.82) is 0 Å². The molecule has 9 heteroatoms. The van der Waals surface area contributed by atoms with Crippen LogP contribution in [0.3, 0.4) is 0 Å². The van der Waals surface area contributed by atoms with Gasteiger partial charge in [-0.25, -0.2) is 14.5 Å². The van der Waals surface area contributed by atoms with Gasteiger partial charge in [-0.05, 0) is 55.3 Å². The molecule has 9 nitrogen and oxygen atoms in total. The van der Waals surface area contributed by atoms with E-state index in [9.17, 15) is 9.59 Å². The topological polar surface area (TPSA) is 119 Å². The second-order valence-corrected chi connectivity index (χ2v) is 6.48. The lowest BCUT2D eigenvalue weighted by Crippen LogP contribution is -2.13. The lowest BCUT2D eigenvalue weighted by molar-refractivity contribution is 0.144. The van der Waals surface area contributed by atoms with Crippen LogP contribution in [-0.4, -0.2) is 31.0 Å². The number of aryl methyl sites for hydroxylation is 2. The number of nitrogens with zero attached hydrogens (tertiary/aromatic N) is 3. The van der Waals surface area contributed by atoms with Gasteiger partial charge in [0.25, 0.3) is 5.56 Å². The average molecular weight is 392 g/mol. The molecule has 29 heavy (non-hydrogen) atoms. The van der Waals surface area contributed by atoms with Gasteiger partial charge in [-0.1, -0.05) is 6.07 Å². The van der Waals surface area contributed by atoms with Crippen molar-refractivity contribution in [3.63, 3.8) is 0 Å². The molecule has 4 rings (SSSR count). The third-order valence-electron chi connectivity index (χ3n) is 4.08. The molecule has 2 aromatic carbocycles. The summed E-state index contributed by atoms with van der Waals surface area (Å²) in [7, 11) is 0. The van der Waals surface area contributed by atoms with Gasteiger partial charge in [0.1, 0.15) is 11.5 Å². The van der Waals surface area contributed by atoms with Crippen LogP contribution in [0.25, 0.3) is 16.9 Å². The van der Waals surface area contributed by atoms with Crippen LogP contribution in [0.1, 0.15) is 11.1 Å². The van der Waals surface area contributed by atoms with E-state index in [1.807, 2.05) is 32.0 Å². The fourth-order valence-electron chi connectivity index (χ4n) is 2.98. The van der Waals surface area contributed by atoms with Gasteiger partial charge < -0.3 is 14.6 Å². The number of ether oxygens (including phenoxy) is 2. The number of nitrogens with one attached hydrogen (secondary N) is 1. The predicted molar refractivity (Wildman–Crippen MR) is 104 cm³/mol. The summed E-state index contributed by atoms with van der Waals surface area (Å²) < 4.78 is 11.6. The second kappa shape index (κ2) is 7.12. The Morgan fingerprint density at radius 3 is 2.55 bits per heavy atom. The summed E-state index contributed by atoms with van der Waals surface area (Å²) in [6.45, 7) is 3.97. The maximum absolute atomic E-state index is 12.6. The molecule has 2 heterocycles. The normalized spacial score (nSPS) is 10.8. The second-order valence-electron chi connectivity index (χ2n) is 6.48. The number of fused-ring (bicyclic) bond motifs is 1. The van der Waals surface area contributed by atoms with E-state index in [0.717, 1.165) is 11.1 Å². The molecular weight excluding hydrogens is 376 g/mol. The summed E-state index contributed by atoms with van der Waals surface area (Å²) in [6.07, 6.45) is 1.05. The molecule has 0 amide bonds. The Kier molecular flexibility index (Phi) is 4.47. The highest BCUT2D eigenvalue weighted by atomic mass is 16.7. The average Bonchev–Trinajstić information content (AvgIpc) is 3.09. The summed E-state index contributed by atoms with van der Waals surface area (Å²) >= 11 is 0. The minimum atomic E-state index is -1.46. The highest BCUT2D eigenvalue weighted by Crippen LogP contribution is 2.25. The minimum Gasteiger partial charge on any atom is -0.457 e. The van der Waals surface area contributed by atoms with Crippen molar-refractivity contribution in [2.45, 2.75) is 13.8 Å².